The van der Waals surface area contributed by atoms with Gasteiger partial charge in [-0.25, -0.2) is 0 Å². The van der Waals surface area contributed by atoms with Crippen LogP contribution in [-0.4, -0.2) is 48.6 Å². The quantitative estimate of drug-likeness (QED) is 0.605. The monoisotopic (exact) mass is 182 g/mol. The Morgan fingerprint density at radius 2 is 2.00 bits per heavy atom. The van der Waals surface area contributed by atoms with Gasteiger partial charge in [0.15, 0.2) is 0 Å². The summed E-state index contributed by atoms with van der Waals surface area (Å²) >= 11 is 0. The molecule has 76 valence electrons. The standard InChI is InChI=1S/C11H22N2/c1-9(2)13-7-10-5-4-6-12(3)11(10)8-13/h9-11H,4-8H2,1-3H3. The zero-order chi connectivity index (χ0) is 9.42. The molecule has 0 spiro atoms. The lowest BCUT2D eigenvalue weighted by molar-refractivity contribution is 0.155. The fourth-order valence-electron chi connectivity index (χ4n) is 2.86. The Bertz CT molecular complexity index is 179. The third-order valence-corrected chi connectivity index (χ3v) is 3.82. The second kappa shape index (κ2) is 3.58. The molecule has 2 fully saturated rings. The molecule has 2 atom stereocenters. The van der Waals surface area contributed by atoms with Crippen LogP contribution in [0.3, 0.4) is 0 Å². The summed E-state index contributed by atoms with van der Waals surface area (Å²) in [5.41, 5.74) is 0. The van der Waals surface area contributed by atoms with E-state index < -0.39 is 0 Å². The van der Waals surface area contributed by atoms with Crippen LogP contribution in [0, 0.1) is 5.92 Å². The Kier molecular flexibility index (Phi) is 2.61. The summed E-state index contributed by atoms with van der Waals surface area (Å²) in [4.78, 5) is 5.20. The molecule has 0 aromatic carbocycles. The van der Waals surface area contributed by atoms with Crippen molar-refractivity contribution in [3.63, 3.8) is 0 Å². The zero-order valence-electron chi connectivity index (χ0n) is 9.16. The summed E-state index contributed by atoms with van der Waals surface area (Å²) < 4.78 is 0. The van der Waals surface area contributed by atoms with E-state index in [0.717, 1.165) is 18.0 Å². The number of fused-ring (bicyclic) bond motifs is 1. The summed E-state index contributed by atoms with van der Waals surface area (Å²) in [7, 11) is 2.29. The van der Waals surface area contributed by atoms with Crippen LogP contribution in [0.25, 0.3) is 0 Å². The Morgan fingerprint density at radius 3 is 2.62 bits per heavy atom. The van der Waals surface area contributed by atoms with Crippen LogP contribution >= 0.6 is 0 Å². The molecule has 2 aliphatic heterocycles. The van der Waals surface area contributed by atoms with Crippen LogP contribution in [-0.2, 0) is 0 Å². The van der Waals surface area contributed by atoms with E-state index in [0.29, 0.717) is 0 Å². The molecule has 0 radical (unpaired) electrons. The average molecular weight is 182 g/mol. The zero-order valence-corrected chi connectivity index (χ0v) is 9.16. The van der Waals surface area contributed by atoms with Gasteiger partial charge in [-0.05, 0) is 46.2 Å². The maximum atomic E-state index is 2.64. The highest BCUT2D eigenvalue weighted by Crippen LogP contribution is 2.30. The molecule has 2 heterocycles. The molecule has 2 unspecified atom stereocenters. The fourth-order valence-corrected chi connectivity index (χ4v) is 2.86. The van der Waals surface area contributed by atoms with Gasteiger partial charge in [-0.3, -0.25) is 4.90 Å². The molecule has 0 amide bonds. The molecule has 0 aromatic rings. The summed E-state index contributed by atoms with van der Waals surface area (Å²) in [5.74, 6) is 0.959. The summed E-state index contributed by atoms with van der Waals surface area (Å²) in [6.45, 7) is 8.59. The lowest BCUT2D eigenvalue weighted by Crippen LogP contribution is -2.42. The van der Waals surface area contributed by atoms with Gasteiger partial charge in [-0.2, -0.15) is 0 Å². The van der Waals surface area contributed by atoms with Gasteiger partial charge in [-0.15, -0.1) is 0 Å². The first-order valence-corrected chi connectivity index (χ1v) is 5.63. The maximum Gasteiger partial charge on any atom is 0.0260 e. The van der Waals surface area contributed by atoms with E-state index in [-0.39, 0.29) is 0 Å². The number of hydrogen-bond donors (Lipinski definition) is 0. The van der Waals surface area contributed by atoms with E-state index in [1.54, 1.807) is 0 Å². The van der Waals surface area contributed by atoms with Gasteiger partial charge in [0, 0.05) is 25.2 Å². The van der Waals surface area contributed by atoms with Crippen molar-refractivity contribution in [3.05, 3.63) is 0 Å². The molecule has 0 aromatic heterocycles. The van der Waals surface area contributed by atoms with Crippen molar-refractivity contribution in [2.45, 2.75) is 38.8 Å². The SMILES string of the molecule is CC(C)N1CC2CCCN(C)C2C1. The van der Waals surface area contributed by atoms with Crippen molar-refractivity contribution in [3.8, 4) is 0 Å². The smallest absolute Gasteiger partial charge is 0.0260 e. The van der Waals surface area contributed by atoms with Crippen LogP contribution < -0.4 is 0 Å². The first-order chi connectivity index (χ1) is 6.18. The van der Waals surface area contributed by atoms with Crippen molar-refractivity contribution in [2.75, 3.05) is 26.7 Å². The molecule has 13 heavy (non-hydrogen) atoms. The lowest BCUT2D eigenvalue weighted by atomic mass is 9.93. The van der Waals surface area contributed by atoms with Gasteiger partial charge in [0.25, 0.3) is 0 Å². The predicted molar refractivity (Wildman–Crippen MR) is 55.9 cm³/mol. The minimum absolute atomic E-state index is 0.735. The highest BCUT2D eigenvalue weighted by molar-refractivity contribution is 4.93. The normalized spacial score (nSPS) is 36.9. The molecule has 2 heteroatoms. The van der Waals surface area contributed by atoms with Gasteiger partial charge in [-0.1, -0.05) is 0 Å². The Balaban J connectivity index is 2.00. The topological polar surface area (TPSA) is 6.48 Å². The van der Waals surface area contributed by atoms with Crippen molar-refractivity contribution >= 4 is 0 Å². The fraction of sp³-hybridized carbons (Fsp3) is 1.00. The van der Waals surface area contributed by atoms with Gasteiger partial charge in [0.05, 0.1) is 0 Å². The molecule has 2 rings (SSSR count). The maximum absolute atomic E-state index is 2.64. The molecule has 0 saturated carbocycles. The molecule has 0 N–H and O–H groups in total. The predicted octanol–water partition coefficient (Wildman–Crippen LogP) is 1.42. The third kappa shape index (κ3) is 1.75. The minimum Gasteiger partial charge on any atom is -0.302 e. The highest BCUT2D eigenvalue weighted by Gasteiger charge is 2.37. The minimum atomic E-state index is 0.735. The van der Waals surface area contributed by atoms with E-state index in [2.05, 4.69) is 30.7 Å². The highest BCUT2D eigenvalue weighted by atomic mass is 15.3. The van der Waals surface area contributed by atoms with Gasteiger partial charge >= 0.3 is 0 Å². The van der Waals surface area contributed by atoms with Crippen LogP contribution in [0.2, 0.25) is 0 Å². The number of hydrogen-bond acceptors (Lipinski definition) is 2. The van der Waals surface area contributed by atoms with Crippen molar-refractivity contribution in [1.82, 2.24) is 9.80 Å². The number of nitrogens with zero attached hydrogens (tertiary/aromatic N) is 2. The Labute approximate surface area is 81.9 Å². The largest absolute Gasteiger partial charge is 0.302 e. The van der Waals surface area contributed by atoms with Crippen LogP contribution in [0.4, 0.5) is 0 Å². The van der Waals surface area contributed by atoms with Crippen molar-refractivity contribution < 1.29 is 0 Å². The van der Waals surface area contributed by atoms with E-state index >= 15 is 0 Å². The molecule has 2 saturated heterocycles. The first kappa shape index (κ1) is 9.47. The summed E-state index contributed by atoms with van der Waals surface area (Å²) in [6, 6.07) is 1.59. The summed E-state index contributed by atoms with van der Waals surface area (Å²) in [6.07, 6.45) is 2.86. The van der Waals surface area contributed by atoms with Crippen LogP contribution in [0.15, 0.2) is 0 Å². The Morgan fingerprint density at radius 1 is 1.23 bits per heavy atom. The second-order valence-electron chi connectivity index (χ2n) is 5.00. The number of piperidine rings is 1. The first-order valence-electron chi connectivity index (χ1n) is 5.63. The lowest BCUT2D eigenvalue weighted by Gasteiger charge is -2.33. The van der Waals surface area contributed by atoms with Crippen LogP contribution in [0.5, 0.6) is 0 Å². The Hall–Kier alpha value is -0.0800. The third-order valence-electron chi connectivity index (χ3n) is 3.82. The molecule has 0 bridgehead atoms. The van der Waals surface area contributed by atoms with Crippen molar-refractivity contribution in [1.29, 1.82) is 0 Å². The van der Waals surface area contributed by atoms with Crippen molar-refractivity contribution in [2.24, 2.45) is 5.92 Å². The van der Waals surface area contributed by atoms with Crippen LogP contribution in [0.1, 0.15) is 26.7 Å². The molecular formula is C11H22N2. The molecular weight excluding hydrogens is 160 g/mol. The van der Waals surface area contributed by atoms with Gasteiger partial charge in [0.1, 0.15) is 0 Å². The van der Waals surface area contributed by atoms with E-state index in [4.69, 9.17) is 0 Å². The number of likely N-dealkylation sites (tertiary alicyclic amines) is 2. The molecule has 0 aliphatic carbocycles. The van der Waals surface area contributed by atoms with E-state index in [9.17, 15) is 0 Å². The van der Waals surface area contributed by atoms with E-state index in [1.807, 2.05) is 0 Å². The summed E-state index contributed by atoms with van der Waals surface area (Å²) in [5, 5.41) is 0. The number of likely N-dealkylation sites (N-methyl/N-ethyl adjacent to an activating group) is 1. The van der Waals surface area contributed by atoms with E-state index in [1.165, 1.54) is 32.5 Å². The molecule has 2 nitrogen and oxygen atoms in total. The van der Waals surface area contributed by atoms with Gasteiger partial charge in [0.2, 0.25) is 0 Å². The molecule has 2 aliphatic rings. The average Bonchev–Trinajstić information content (AvgIpc) is 2.49. The van der Waals surface area contributed by atoms with Gasteiger partial charge < -0.3 is 4.90 Å². The number of rotatable bonds is 1. The second-order valence-corrected chi connectivity index (χ2v) is 5.00.